The highest BCUT2D eigenvalue weighted by molar-refractivity contribution is 9.10. The van der Waals surface area contributed by atoms with E-state index in [1.54, 1.807) is 23.9 Å². The first-order chi connectivity index (χ1) is 9.01. The van der Waals surface area contributed by atoms with Crippen molar-refractivity contribution in [1.82, 2.24) is 4.57 Å². The van der Waals surface area contributed by atoms with Crippen LogP contribution in [0.1, 0.15) is 11.3 Å². The molecule has 0 radical (unpaired) electrons. The van der Waals surface area contributed by atoms with Crippen LogP contribution in [0.25, 0.3) is 0 Å². The summed E-state index contributed by atoms with van der Waals surface area (Å²) in [5.41, 5.74) is 1.58. The van der Waals surface area contributed by atoms with Crippen molar-refractivity contribution in [2.24, 2.45) is 7.05 Å². The monoisotopic (exact) mass is 325 g/mol. The molecule has 1 heterocycles. The van der Waals surface area contributed by atoms with E-state index in [9.17, 15) is 8.78 Å². The third-order valence-corrected chi connectivity index (χ3v) is 3.28. The van der Waals surface area contributed by atoms with E-state index in [0.717, 1.165) is 11.6 Å². The molecule has 0 spiro atoms. The number of rotatable bonds is 3. The van der Waals surface area contributed by atoms with E-state index < -0.39 is 11.6 Å². The van der Waals surface area contributed by atoms with Gasteiger partial charge in [0.05, 0.1) is 10.2 Å². The zero-order valence-corrected chi connectivity index (χ0v) is 11.6. The van der Waals surface area contributed by atoms with Crippen LogP contribution < -0.4 is 5.32 Å². The highest BCUT2D eigenvalue weighted by atomic mass is 79.9. The van der Waals surface area contributed by atoms with E-state index >= 15 is 0 Å². The Morgan fingerprint density at radius 2 is 2.05 bits per heavy atom. The molecule has 1 N–H and O–H groups in total. The summed E-state index contributed by atoms with van der Waals surface area (Å²) in [6.07, 6.45) is 1.78. The summed E-state index contributed by atoms with van der Waals surface area (Å²) in [7, 11) is 1.76. The van der Waals surface area contributed by atoms with Gasteiger partial charge in [0.1, 0.15) is 23.4 Å². The summed E-state index contributed by atoms with van der Waals surface area (Å²) < 4.78 is 28.5. The van der Waals surface area contributed by atoms with Gasteiger partial charge in [0.15, 0.2) is 0 Å². The molecule has 1 aromatic carbocycles. The molecule has 0 saturated carbocycles. The number of hydrogen-bond donors (Lipinski definition) is 1. The van der Waals surface area contributed by atoms with Gasteiger partial charge < -0.3 is 9.88 Å². The summed E-state index contributed by atoms with van der Waals surface area (Å²) in [5.74, 6) is -1.30. The lowest BCUT2D eigenvalue weighted by Crippen LogP contribution is -2.01. The van der Waals surface area contributed by atoms with Crippen LogP contribution in [0.4, 0.5) is 14.5 Å². The van der Waals surface area contributed by atoms with E-state index in [2.05, 4.69) is 21.2 Å². The molecule has 19 heavy (non-hydrogen) atoms. The molecule has 0 aliphatic carbocycles. The summed E-state index contributed by atoms with van der Waals surface area (Å²) >= 11 is 3.00. The second-order valence-electron chi connectivity index (χ2n) is 4.06. The van der Waals surface area contributed by atoms with Gasteiger partial charge in [-0.1, -0.05) is 0 Å². The molecular weight excluding hydrogens is 316 g/mol. The summed E-state index contributed by atoms with van der Waals surface area (Å²) in [6.45, 7) is 0.352. The molecular formula is C13H10BrF2N3. The van der Waals surface area contributed by atoms with Gasteiger partial charge in [-0.2, -0.15) is 5.26 Å². The molecule has 0 bridgehead atoms. The van der Waals surface area contributed by atoms with Crippen molar-refractivity contribution < 1.29 is 8.78 Å². The van der Waals surface area contributed by atoms with Gasteiger partial charge in [0.25, 0.3) is 0 Å². The Morgan fingerprint density at radius 3 is 2.68 bits per heavy atom. The van der Waals surface area contributed by atoms with E-state index in [1.165, 1.54) is 6.07 Å². The van der Waals surface area contributed by atoms with Gasteiger partial charge in [-0.3, -0.25) is 0 Å². The number of aromatic nitrogens is 1. The van der Waals surface area contributed by atoms with Crippen molar-refractivity contribution >= 4 is 21.6 Å². The van der Waals surface area contributed by atoms with Crippen LogP contribution >= 0.6 is 15.9 Å². The first-order valence-corrected chi connectivity index (χ1v) is 6.24. The van der Waals surface area contributed by atoms with Crippen LogP contribution in [-0.4, -0.2) is 4.57 Å². The maximum atomic E-state index is 13.5. The normalized spacial score (nSPS) is 10.3. The molecule has 0 unspecified atom stereocenters. The third kappa shape index (κ3) is 2.93. The molecule has 2 rings (SSSR count). The second-order valence-corrected chi connectivity index (χ2v) is 4.91. The number of anilines is 1. The smallest absolute Gasteiger partial charge is 0.149 e. The summed E-state index contributed by atoms with van der Waals surface area (Å²) in [6, 6.07) is 5.92. The lowest BCUT2D eigenvalue weighted by Gasteiger charge is -2.07. The highest BCUT2D eigenvalue weighted by Crippen LogP contribution is 2.24. The van der Waals surface area contributed by atoms with Gasteiger partial charge in [-0.05, 0) is 33.6 Å². The van der Waals surface area contributed by atoms with Crippen LogP contribution in [-0.2, 0) is 13.6 Å². The molecule has 0 fully saturated rings. The number of hydrogen-bond acceptors (Lipinski definition) is 2. The van der Waals surface area contributed by atoms with Crippen molar-refractivity contribution in [2.75, 3.05) is 5.32 Å². The molecule has 6 heteroatoms. The maximum Gasteiger partial charge on any atom is 0.149 e. The minimum Gasteiger partial charge on any atom is -0.379 e. The van der Waals surface area contributed by atoms with Gasteiger partial charge in [-0.15, -0.1) is 0 Å². The third-order valence-electron chi connectivity index (χ3n) is 2.67. The fourth-order valence-corrected chi connectivity index (χ4v) is 2.04. The van der Waals surface area contributed by atoms with E-state index in [0.29, 0.717) is 12.2 Å². The molecule has 3 nitrogen and oxygen atoms in total. The summed E-state index contributed by atoms with van der Waals surface area (Å²) in [5, 5.41) is 11.7. The predicted molar refractivity (Wildman–Crippen MR) is 71.5 cm³/mol. The number of nitrogens with one attached hydrogen (secondary N) is 1. The lowest BCUT2D eigenvalue weighted by atomic mass is 10.2. The highest BCUT2D eigenvalue weighted by Gasteiger charge is 2.08. The van der Waals surface area contributed by atoms with E-state index in [-0.39, 0.29) is 10.2 Å². The Balaban J connectivity index is 2.14. The molecule has 2 aromatic rings. The number of benzene rings is 1. The van der Waals surface area contributed by atoms with Crippen molar-refractivity contribution in [3.63, 3.8) is 0 Å². The van der Waals surface area contributed by atoms with Crippen LogP contribution in [0, 0.1) is 23.0 Å². The van der Waals surface area contributed by atoms with Crippen LogP contribution in [0.3, 0.4) is 0 Å². The Hall–Kier alpha value is -1.87. The van der Waals surface area contributed by atoms with Crippen LogP contribution in [0.5, 0.6) is 0 Å². The first kappa shape index (κ1) is 13.6. The van der Waals surface area contributed by atoms with E-state index in [1.807, 2.05) is 6.07 Å². The quantitative estimate of drug-likeness (QED) is 0.877. The Kier molecular flexibility index (Phi) is 3.86. The Labute approximate surface area is 117 Å². The molecule has 0 amide bonds. The molecule has 98 valence electrons. The Morgan fingerprint density at radius 1 is 1.32 bits per heavy atom. The molecule has 0 aliphatic rings. The SMILES string of the molecule is Cn1cc(CNc2cc(Br)c(F)cc2F)cc1C#N. The number of nitriles is 1. The number of aryl methyl sites for hydroxylation is 1. The minimum atomic E-state index is -0.655. The Bertz CT molecular complexity index is 659. The zero-order chi connectivity index (χ0) is 14.0. The largest absolute Gasteiger partial charge is 0.379 e. The van der Waals surface area contributed by atoms with Crippen molar-refractivity contribution in [3.8, 4) is 6.07 Å². The standard InChI is InChI=1S/C13H10BrF2N3/c1-19-7-8(2-9(19)5-17)6-18-13-3-10(14)11(15)4-12(13)16/h2-4,7,18H,6H2,1H3. The maximum absolute atomic E-state index is 13.5. The average molecular weight is 326 g/mol. The minimum absolute atomic E-state index is 0.196. The second kappa shape index (κ2) is 5.41. The molecule has 0 atom stereocenters. The van der Waals surface area contributed by atoms with Gasteiger partial charge >= 0.3 is 0 Å². The number of nitrogens with zero attached hydrogens (tertiary/aromatic N) is 2. The van der Waals surface area contributed by atoms with Crippen molar-refractivity contribution in [3.05, 3.63) is 51.8 Å². The fourth-order valence-electron chi connectivity index (χ4n) is 1.70. The predicted octanol–water partition coefficient (Wildman–Crippen LogP) is 3.55. The van der Waals surface area contributed by atoms with Gasteiger partial charge in [0.2, 0.25) is 0 Å². The van der Waals surface area contributed by atoms with Gasteiger partial charge in [-0.25, -0.2) is 8.78 Å². The van der Waals surface area contributed by atoms with Crippen molar-refractivity contribution in [1.29, 1.82) is 5.26 Å². The van der Waals surface area contributed by atoms with Gasteiger partial charge in [0, 0.05) is 25.9 Å². The first-order valence-electron chi connectivity index (χ1n) is 5.45. The molecule has 0 saturated heterocycles. The fraction of sp³-hybridized carbons (Fsp3) is 0.154. The van der Waals surface area contributed by atoms with Crippen molar-refractivity contribution in [2.45, 2.75) is 6.54 Å². The topological polar surface area (TPSA) is 40.8 Å². The van der Waals surface area contributed by atoms with E-state index in [4.69, 9.17) is 5.26 Å². The average Bonchev–Trinajstić information content (AvgIpc) is 2.73. The van der Waals surface area contributed by atoms with Crippen LogP contribution in [0.15, 0.2) is 28.9 Å². The number of halogens is 3. The molecule has 0 aliphatic heterocycles. The zero-order valence-electron chi connectivity index (χ0n) is 10.0. The van der Waals surface area contributed by atoms with Crippen LogP contribution in [0.2, 0.25) is 0 Å². The lowest BCUT2D eigenvalue weighted by molar-refractivity contribution is 0.580. The molecule has 1 aromatic heterocycles. The summed E-state index contributed by atoms with van der Waals surface area (Å²) in [4.78, 5) is 0.